The predicted octanol–water partition coefficient (Wildman–Crippen LogP) is 1.79. The number of fused-ring (bicyclic) bond motifs is 2. The molecule has 2 aliphatic heterocycles. The van der Waals surface area contributed by atoms with E-state index in [-0.39, 0.29) is 23.9 Å². The minimum absolute atomic E-state index is 0.00613. The van der Waals surface area contributed by atoms with E-state index in [0.29, 0.717) is 25.1 Å². The highest BCUT2D eigenvalue weighted by molar-refractivity contribution is 5.92. The molecular weight excluding hydrogens is 320 g/mol. The Bertz CT molecular complexity index is 775. The van der Waals surface area contributed by atoms with E-state index in [1.807, 2.05) is 35.2 Å². The third-order valence-corrected chi connectivity index (χ3v) is 5.26. The molecule has 0 radical (unpaired) electrons. The van der Waals surface area contributed by atoms with Crippen molar-refractivity contribution >= 4 is 11.9 Å². The molecule has 1 aromatic heterocycles. The van der Waals surface area contributed by atoms with Crippen molar-refractivity contribution in [2.75, 3.05) is 0 Å². The Morgan fingerprint density at radius 2 is 1.80 bits per heavy atom. The van der Waals surface area contributed by atoms with Gasteiger partial charge >= 0.3 is 5.97 Å². The lowest BCUT2D eigenvalue weighted by atomic mass is 9.90. The number of carbonyl (C=O) groups is 2. The fraction of sp³-hybridized carbons (Fsp3) is 0.444. The van der Waals surface area contributed by atoms with Crippen LogP contribution in [0.4, 0.5) is 0 Å². The molecule has 7 nitrogen and oxygen atoms in total. The average Bonchev–Trinajstić information content (AvgIpc) is 3.17. The third-order valence-electron chi connectivity index (χ3n) is 5.26. The zero-order chi connectivity index (χ0) is 17.4. The molecule has 2 aromatic rings. The fourth-order valence-electron chi connectivity index (χ4n) is 4.09. The predicted molar refractivity (Wildman–Crippen MR) is 88.9 cm³/mol. The molecule has 2 saturated heterocycles. The molecule has 25 heavy (non-hydrogen) atoms. The average molecular weight is 340 g/mol. The Morgan fingerprint density at radius 1 is 1.12 bits per heavy atom. The summed E-state index contributed by atoms with van der Waals surface area (Å²) >= 11 is 0. The first-order chi connectivity index (χ1) is 12.1. The summed E-state index contributed by atoms with van der Waals surface area (Å²) < 4.78 is 1.66. The summed E-state index contributed by atoms with van der Waals surface area (Å²) in [4.78, 5) is 26.0. The number of nitrogens with zero attached hydrogens (tertiary/aromatic N) is 4. The molecule has 1 N–H and O–H groups in total. The summed E-state index contributed by atoms with van der Waals surface area (Å²) in [6, 6.07) is 9.89. The molecule has 0 spiro atoms. The van der Waals surface area contributed by atoms with Crippen LogP contribution in [0.1, 0.15) is 41.7 Å². The third kappa shape index (κ3) is 3.01. The van der Waals surface area contributed by atoms with Crippen LogP contribution in [0.15, 0.2) is 36.5 Å². The number of carboxylic acid groups (broad SMARTS) is 1. The van der Waals surface area contributed by atoms with E-state index < -0.39 is 5.97 Å². The van der Waals surface area contributed by atoms with Gasteiger partial charge in [0.1, 0.15) is 0 Å². The number of carbonyl (C=O) groups excluding carboxylic acids is 1. The SMILES string of the molecule is O=C(O)C1C[C@H]2CC[C@@H](C1)N2C(=O)c1cn(Cc2ccccc2)nn1. The molecular formula is C18H20N4O3. The maximum absolute atomic E-state index is 12.9. The van der Waals surface area contributed by atoms with Crippen LogP contribution >= 0.6 is 0 Å². The standard InChI is InChI=1S/C18H20N4O3/c23-17(22-14-6-7-15(22)9-13(8-14)18(24)25)16-11-21(20-19-16)10-12-4-2-1-3-5-12/h1-5,11,13-15H,6-10H2,(H,24,25)/t13?,14-,15+. The van der Waals surface area contributed by atoms with Gasteiger partial charge in [0.2, 0.25) is 0 Å². The smallest absolute Gasteiger partial charge is 0.306 e. The Hall–Kier alpha value is -2.70. The van der Waals surface area contributed by atoms with Crippen LogP contribution in [0.5, 0.6) is 0 Å². The molecule has 2 fully saturated rings. The number of hydrogen-bond donors (Lipinski definition) is 1. The Morgan fingerprint density at radius 3 is 2.44 bits per heavy atom. The maximum atomic E-state index is 12.9. The number of rotatable bonds is 4. The molecule has 2 aliphatic rings. The Kier molecular flexibility index (Phi) is 3.99. The molecule has 2 bridgehead atoms. The molecule has 0 aliphatic carbocycles. The van der Waals surface area contributed by atoms with Crippen molar-refractivity contribution in [1.29, 1.82) is 0 Å². The molecule has 3 atom stereocenters. The monoisotopic (exact) mass is 340 g/mol. The fourth-order valence-corrected chi connectivity index (χ4v) is 4.09. The van der Waals surface area contributed by atoms with E-state index in [2.05, 4.69) is 10.3 Å². The molecule has 1 aromatic carbocycles. The van der Waals surface area contributed by atoms with E-state index in [1.165, 1.54) is 0 Å². The lowest BCUT2D eigenvalue weighted by molar-refractivity contribution is -0.144. The van der Waals surface area contributed by atoms with Crippen molar-refractivity contribution in [3.8, 4) is 0 Å². The Balaban J connectivity index is 1.48. The highest BCUT2D eigenvalue weighted by Gasteiger charge is 2.45. The Labute approximate surface area is 145 Å². The highest BCUT2D eigenvalue weighted by atomic mass is 16.4. The molecule has 3 heterocycles. The first-order valence-corrected chi connectivity index (χ1v) is 8.61. The number of amides is 1. The second-order valence-electron chi connectivity index (χ2n) is 6.89. The summed E-state index contributed by atoms with van der Waals surface area (Å²) in [5, 5.41) is 17.4. The van der Waals surface area contributed by atoms with Gasteiger partial charge in [-0.1, -0.05) is 35.5 Å². The van der Waals surface area contributed by atoms with Crippen LogP contribution in [0.3, 0.4) is 0 Å². The summed E-state index contributed by atoms with van der Waals surface area (Å²) in [6.07, 6.45) is 4.50. The molecule has 4 rings (SSSR count). The lowest BCUT2D eigenvalue weighted by Gasteiger charge is -2.37. The van der Waals surface area contributed by atoms with Gasteiger partial charge in [0.05, 0.1) is 18.7 Å². The van der Waals surface area contributed by atoms with Gasteiger partial charge in [-0.3, -0.25) is 9.59 Å². The minimum Gasteiger partial charge on any atom is -0.481 e. The first-order valence-electron chi connectivity index (χ1n) is 8.61. The number of benzene rings is 1. The van der Waals surface area contributed by atoms with Crippen LogP contribution in [0, 0.1) is 5.92 Å². The van der Waals surface area contributed by atoms with Gasteiger partial charge < -0.3 is 10.0 Å². The van der Waals surface area contributed by atoms with Crippen molar-refractivity contribution in [3.05, 3.63) is 47.8 Å². The van der Waals surface area contributed by atoms with Crippen LogP contribution in [-0.2, 0) is 11.3 Å². The number of aromatic nitrogens is 3. The van der Waals surface area contributed by atoms with Crippen molar-refractivity contribution in [2.24, 2.45) is 5.92 Å². The van der Waals surface area contributed by atoms with Crippen molar-refractivity contribution in [3.63, 3.8) is 0 Å². The second-order valence-corrected chi connectivity index (χ2v) is 6.89. The number of aliphatic carboxylic acids is 1. The summed E-state index contributed by atoms with van der Waals surface area (Å²) in [5.74, 6) is -1.22. The second kappa shape index (κ2) is 6.31. The minimum atomic E-state index is -0.752. The molecule has 1 unspecified atom stereocenters. The van der Waals surface area contributed by atoms with E-state index in [4.69, 9.17) is 0 Å². The van der Waals surface area contributed by atoms with Gasteiger partial charge in [-0.2, -0.15) is 0 Å². The normalized spacial score (nSPS) is 25.1. The van der Waals surface area contributed by atoms with Crippen LogP contribution < -0.4 is 0 Å². The molecule has 1 amide bonds. The largest absolute Gasteiger partial charge is 0.481 e. The quantitative estimate of drug-likeness (QED) is 0.917. The first kappa shape index (κ1) is 15.8. The number of piperidine rings is 1. The van der Waals surface area contributed by atoms with Gasteiger partial charge in [-0.25, -0.2) is 4.68 Å². The van der Waals surface area contributed by atoms with Crippen LogP contribution in [0.2, 0.25) is 0 Å². The van der Waals surface area contributed by atoms with Crippen molar-refractivity contribution < 1.29 is 14.7 Å². The van der Waals surface area contributed by atoms with Crippen LogP contribution in [-0.4, -0.2) is 49.0 Å². The molecule has 7 heteroatoms. The van der Waals surface area contributed by atoms with Crippen molar-refractivity contribution in [2.45, 2.75) is 44.3 Å². The summed E-state index contributed by atoms with van der Waals surface area (Å²) in [6.45, 7) is 0.565. The number of carboxylic acids is 1. The molecule has 130 valence electrons. The summed E-state index contributed by atoms with van der Waals surface area (Å²) in [5.41, 5.74) is 1.43. The van der Waals surface area contributed by atoms with E-state index >= 15 is 0 Å². The maximum Gasteiger partial charge on any atom is 0.306 e. The van der Waals surface area contributed by atoms with E-state index in [0.717, 1.165) is 18.4 Å². The van der Waals surface area contributed by atoms with Gasteiger partial charge in [0, 0.05) is 12.1 Å². The van der Waals surface area contributed by atoms with E-state index in [1.54, 1.807) is 10.9 Å². The van der Waals surface area contributed by atoms with E-state index in [9.17, 15) is 14.7 Å². The van der Waals surface area contributed by atoms with Crippen molar-refractivity contribution in [1.82, 2.24) is 19.9 Å². The summed E-state index contributed by atoms with van der Waals surface area (Å²) in [7, 11) is 0. The highest BCUT2D eigenvalue weighted by Crippen LogP contribution is 2.39. The van der Waals surface area contributed by atoms with Gasteiger partial charge in [-0.05, 0) is 31.2 Å². The zero-order valence-corrected chi connectivity index (χ0v) is 13.8. The van der Waals surface area contributed by atoms with Gasteiger partial charge in [-0.15, -0.1) is 5.10 Å². The zero-order valence-electron chi connectivity index (χ0n) is 13.8. The number of hydrogen-bond acceptors (Lipinski definition) is 4. The lowest BCUT2D eigenvalue weighted by Crippen LogP contribution is -2.48. The van der Waals surface area contributed by atoms with Gasteiger partial charge in [0.25, 0.3) is 5.91 Å². The topological polar surface area (TPSA) is 88.3 Å². The molecule has 0 saturated carbocycles. The van der Waals surface area contributed by atoms with Gasteiger partial charge in [0.15, 0.2) is 5.69 Å². The van der Waals surface area contributed by atoms with Crippen LogP contribution in [0.25, 0.3) is 0 Å².